The third-order valence-corrected chi connectivity index (χ3v) is 5.90. The van der Waals surface area contributed by atoms with Crippen molar-refractivity contribution in [2.24, 2.45) is 0 Å². The van der Waals surface area contributed by atoms with Crippen molar-refractivity contribution in [3.8, 4) is 0 Å². The maximum absolute atomic E-state index is 12.9. The molecule has 1 atom stereocenters. The Bertz CT molecular complexity index is 877. The number of amides is 1. The van der Waals surface area contributed by atoms with E-state index < -0.39 is 0 Å². The number of aryl methyl sites for hydroxylation is 1. The Morgan fingerprint density at radius 3 is 2.85 bits per heavy atom. The van der Waals surface area contributed by atoms with Gasteiger partial charge in [-0.05, 0) is 49.5 Å². The van der Waals surface area contributed by atoms with E-state index in [-0.39, 0.29) is 11.9 Å². The quantitative estimate of drug-likeness (QED) is 0.697. The van der Waals surface area contributed by atoms with E-state index in [1.165, 1.54) is 6.42 Å². The van der Waals surface area contributed by atoms with Crippen LogP contribution in [0.4, 0.5) is 0 Å². The molecule has 0 N–H and O–H groups in total. The molecule has 3 heterocycles. The van der Waals surface area contributed by atoms with Crippen LogP contribution in [0.5, 0.6) is 0 Å². The summed E-state index contributed by atoms with van der Waals surface area (Å²) in [7, 11) is 0. The third kappa shape index (κ3) is 3.90. The van der Waals surface area contributed by atoms with E-state index in [2.05, 4.69) is 14.8 Å². The summed E-state index contributed by atoms with van der Waals surface area (Å²) in [5.74, 6) is 1.98. The molecular weight excluding hydrogens is 383 g/mol. The standard InChI is InChI=1S/C20H22Cl2N4O/c21-15-9-7-14(16(22)13-15)8-10-19(27)25-12-4-5-17(25)20-24-23-18-6-2-1-3-11-26(18)20/h7-10,13,17H,1-6,11-12H2/b10-8+. The Labute approximate surface area is 169 Å². The average molecular weight is 405 g/mol. The molecule has 2 aliphatic rings. The lowest BCUT2D eigenvalue weighted by molar-refractivity contribution is -0.127. The Hall–Kier alpha value is -1.85. The summed E-state index contributed by atoms with van der Waals surface area (Å²) < 4.78 is 2.24. The van der Waals surface area contributed by atoms with Gasteiger partial charge in [-0.25, -0.2) is 0 Å². The van der Waals surface area contributed by atoms with E-state index in [9.17, 15) is 4.79 Å². The lowest BCUT2D eigenvalue weighted by Crippen LogP contribution is -2.30. The first-order valence-corrected chi connectivity index (χ1v) is 10.2. The van der Waals surface area contributed by atoms with Crippen LogP contribution in [-0.4, -0.2) is 32.1 Å². The summed E-state index contributed by atoms with van der Waals surface area (Å²) in [5.41, 5.74) is 0.779. The molecular formula is C20H22Cl2N4O. The van der Waals surface area contributed by atoms with Gasteiger partial charge in [-0.2, -0.15) is 0 Å². The molecule has 0 saturated carbocycles. The third-order valence-electron chi connectivity index (χ3n) is 5.34. The van der Waals surface area contributed by atoms with Crippen molar-refractivity contribution in [2.75, 3.05) is 6.54 Å². The highest BCUT2D eigenvalue weighted by atomic mass is 35.5. The summed E-state index contributed by atoms with van der Waals surface area (Å²) in [6.07, 6.45) is 9.76. The van der Waals surface area contributed by atoms with Gasteiger partial charge in [0, 0.05) is 35.6 Å². The Balaban J connectivity index is 1.54. The number of fused-ring (bicyclic) bond motifs is 1. The van der Waals surface area contributed by atoms with Crippen LogP contribution in [0.15, 0.2) is 24.3 Å². The highest BCUT2D eigenvalue weighted by molar-refractivity contribution is 6.35. The fraction of sp³-hybridized carbons (Fsp3) is 0.450. The van der Waals surface area contributed by atoms with Crippen LogP contribution in [0.25, 0.3) is 6.08 Å². The predicted molar refractivity (Wildman–Crippen MR) is 107 cm³/mol. The second-order valence-electron chi connectivity index (χ2n) is 7.13. The normalized spacial score (nSPS) is 20.1. The van der Waals surface area contributed by atoms with E-state index >= 15 is 0 Å². The first-order valence-electron chi connectivity index (χ1n) is 9.49. The first-order chi connectivity index (χ1) is 13.1. The zero-order valence-corrected chi connectivity index (χ0v) is 16.6. The molecule has 1 aromatic heterocycles. The molecule has 4 rings (SSSR count). The van der Waals surface area contributed by atoms with Crippen LogP contribution >= 0.6 is 23.2 Å². The molecule has 2 aliphatic heterocycles. The minimum Gasteiger partial charge on any atom is -0.329 e. The summed E-state index contributed by atoms with van der Waals surface area (Å²) in [5, 5.41) is 9.96. The Kier molecular flexibility index (Phi) is 5.50. The summed E-state index contributed by atoms with van der Waals surface area (Å²) in [6, 6.07) is 5.26. The number of benzene rings is 1. The smallest absolute Gasteiger partial charge is 0.247 e. The van der Waals surface area contributed by atoms with Crippen LogP contribution in [-0.2, 0) is 17.8 Å². The molecule has 1 saturated heterocycles. The maximum Gasteiger partial charge on any atom is 0.247 e. The number of aromatic nitrogens is 3. The number of hydrogen-bond acceptors (Lipinski definition) is 3. The van der Waals surface area contributed by atoms with Gasteiger partial charge in [0.05, 0.1) is 6.04 Å². The highest BCUT2D eigenvalue weighted by Crippen LogP contribution is 2.32. The molecule has 1 unspecified atom stereocenters. The van der Waals surface area contributed by atoms with Gasteiger partial charge < -0.3 is 9.47 Å². The minimum absolute atomic E-state index is 0.00203. The van der Waals surface area contributed by atoms with Crippen molar-refractivity contribution >= 4 is 35.2 Å². The molecule has 7 heteroatoms. The minimum atomic E-state index is -0.0190. The van der Waals surface area contributed by atoms with Crippen LogP contribution in [0.3, 0.4) is 0 Å². The van der Waals surface area contributed by atoms with E-state index in [1.54, 1.807) is 24.3 Å². The molecule has 1 amide bonds. The van der Waals surface area contributed by atoms with E-state index in [0.29, 0.717) is 10.0 Å². The van der Waals surface area contributed by atoms with Gasteiger partial charge in [0.1, 0.15) is 5.82 Å². The molecule has 0 bridgehead atoms. The van der Waals surface area contributed by atoms with Crippen molar-refractivity contribution < 1.29 is 4.79 Å². The van der Waals surface area contributed by atoms with Gasteiger partial charge in [0.15, 0.2) is 5.82 Å². The van der Waals surface area contributed by atoms with E-state index in [4.69, 9.17) is 23.2 Å². The fourth-order valence-corrected chi connectivity index (χ4v) is 4.42. The van der Waals surface area contributed by atoms with Gasteiger partial charge in [-0.3, -0.25) is 4.79 Å². The van der Waals surface area contributed by atoms with E-state index in [0.717, 1.165) is 62.4 Å². The van der Waals surface area contributed by atoms with Gasteiger partial charge in [0.25, 0.3) is 0 Å². The number of halogens is 2. The number of hydrogen-bond donors (Lipinski definition) is 0. The van der Waals surface area contributed by atoms with Crippen LogP contribution in [0.1, 0.15) is 55.4 Å². The summed E-state index contributed by atoms with van der Waals surface area (Å²) in [4.78, 5) is 14.8. The zero-order chi connectivity index (χ0) is 18.8. The van der Waals surface area contributed by atoms with Gasteiger partial charge in [0.2, 0.25) is 5.91 Å². The van der Waals surface area contributed by atoms with Gasteiger partial charge in [-0.1, -0.05) is 35.7 Å². The first kappa shape index (κ1) is 18.5. The Morgan fingerprint density at radius 2 is 2.00 bits per heavy atom. The van der Waals surface area contributed by atoms with Gasteiger partial charge >= 0.3 is 0 Å². The number of carbonyl (C=O) groups excluding carboxylic acids is 1. The maximum atomic E-state index is 12.9. The second kappa shape index (κ2) is 8.03. The monoisotopic (exact) mass is 404 g/mol. The van der Waals surface area contributed by atoms with Crippen molar-refractivity contribution in [2.45, 2.75) is 51.1 Å². The molecule has 0 spiro atoms. The molecule has 27 heavy (non-hydrogen) atoms. The molecule has 5 nitrogen and oxygen atoms in total. The lowest BCUT2D eigenvalue weighted by Gasteiger charge is -2.23. The van der Waals surface area contributed by atoms with Crippen molar-refractivity contribution in [3.05, 3.63) is 51.5 Å². The van der Waals surface area contributed by atoms with Crippen molar-refractivity contribution in [3.63, 3.8) is 0 Å². The highest BCUT2D eigenvalue weighted by Gasteiger charge is 2.33. The molecule has 1 aromatic carbocycles. The summed E-state index contributed by atoms with van der Waals surface area (Å²) in [6.45, 7) is 1.69. The number of likely N-dealkylation sites (tertiary alicyclic amines) is 1. The van der Waals surface area contributed by atoms with Gasteiger partial charge in [-0.15, -0.1) is 10.2 Å². The van der Waals surface area contributed by atoms with Crippen LogP contribution < -0.4 is 0 Å². The molecule has 0 radical (unpaired) electrons. The predicted octanol–water partition coefficient (Wildman–Crippen LogP) is 4.69. The number of carbonyl (C=O) groups is 1. The van der Waals surface area contributed by atoms with Crippen LogP contribution in [0, 0.1) is 0 Å². The molecule has 142 valence electrons. The van der Waals surface area contributed by atoms with E-state index in [1.807, 2.05) is 11.0 Å². The summed E-state index contributed by atoms with van der Waals surface area (Å²) >= 11 is 12.1. The SMILES string of the molecule is O=C(/C=C/c1ccc(Cl)cc1Cl)N1CCCC1c1nnc2n1CCCCC2. The van der Waals surface area contributed by atoms with Crippen molar-refractivity contribution in [1.29, 1.82) is 0 Å². The number of nitrogens with zero attached hydrogens (tertiary/aromatic N) is 4. The largest absolute Gasteiger partial charge is 0.329 e. The Morgan fingerprint density at radius 1 is 1.11 bits per heavy atom. The topological polar surface area (TPSA) is 51.0 Å². The second-order valence-corrected chi connectivity index (χ2v) is 7.97. The molecule has 0 aliphatic carbocycles. The van der Waals surface area contributed by atoms with Crippen LogP contribution in [0.2, 0.25) is 10.0 Å². The average Bonchev–Trinajstić information content (AvgIpc) is 3.21. The fourth-order valence-electron chi connectivity index (χ4n) is 3.95. The number of rotatable bonds is 3. The van der Waals surface area contributed by atoms with Crippen molar-refractivity contribution in [1.82, 2.24) is 19.7 Å². The zero-order valence-electron chi connectivity index (χ0n) is 15.1. The molecule has 2 aromatic rings. The molecule has 1 fully saturated rings. The lowest BCUT2D eigenvalue weighted by atomic mass is 10.2.